The summed E-state index contributed by atoms with van der Waals surface area (Å²) < 4.78 is 15.2. The summed E-state index contributed by atoms with van der Waals surface area (Å²) in [5.74, 6) is -1.71. The lowest BCUT2D eigenvalue weighted by Gasteiger charge is -2.25. The van der Waals surface area contributed by atoms with Crippen LogP contribution in [0.5, 0.6) is 0 Å². The smallest absolute Gasteiger partial charge is 0.331 e. The summed E-state index contributed by atoms with van der Waals surface area (Å²) in [7, 11) is 0. The molecular formula is C23H18FN3O3. The highest BCUT2D eigenvalue weighted by atomic mass is 19.1. The molecule has 1 aromatic heterocycles. The number of barbiturate groups is 1. The Bertz CT molecular complexity index is 1210. The first-order chi connectivity index (χ1) is 14.5. The van der Waals surface area contributed by atoms with E-state index in [0.717, 1.165) is 21.4 Å². The summed E-state index contributed by atoms with van der Waals surface area (Å²) in [6.45, 7) is 4.03. The Morgan fingerprint density at radius 3 is 2.50 bits per heavy atom. The molecule has 150 valence electrons. The van der Waals surface area contributed by atoms with Crippen LogP contribution >= 0.6 is 0 Å². The highest BCUT2D eigenvalue weighted by Crippen LogP contribution is 2.26. The van der Waals surface area contributed by atoms with Gasteiger partial charge in [0.2, 0.25) is 0 Å². The van der Waals surface area contributed by atoms with Crippen LogP contribution in [-0.4, -0.2) is 33.9 Å². The number of benzene rings is 2. The van der Waals surface area contributed by atoms with Crippen LogP contribution < -0.4 is 5.32 Å². The third-order valence-electron chi connectivity index (χ3n) is 4.88. The number of fused-ring (bicyclic) bond motifs is 1. The van der Waals surface area contributed by atoms with E-state index in [1.807, 2.05) is 35.0 Å². The Kier molecular flexibility index (Phi) is 5.02. The standard InChI is InChI=1S/C23H18FN3O3/c1-2-11-27-22(29)19(21(28)25-23(27)30)12-16-14-26(20-6-4-3-5-18(16)20)13-15-7-9-17(24)10-8-15/h2-10,12,14H,1,11,13H2,(H,25,28,30)/b19-12+. The van der Waals surface area contributed by atoms with Gasteiger partial charge in [-0.2, -0.15) is 0 Å². The van der Waals surface area contributed by atoms with Crippen molar-refractivity contribution in [3.8, 4) is 0 Å². The number of urea groups is 1. The number of carbonyl (C=O) groups excluding carboxylic acids is 3. The van der Waals surface area contributed by atoms with Gasteiger partial charge in [-0.1, -0.05) is 36.4 Å². The minimum Gasteiger partial charge on any atom is -0.342 e. The number of para-hydroxylation sites is 1. The van der Waals surface area contributed by atoms with Crippen molar-refractivity contribution in [2.24, 2.45) is 0 Å². The van der Waals surface area contributed by atoms with E-state index >= 15 is 0 Å². The van der Waals surface area contributed by atoms with Crippen molar-refractivity contribution in [1.82, 2.24) is 14.8 Å². The van der Waals surface area contributed by atoms with Gasteiger partial charge in [0.15, 0.2) is 0 Å². The summed E-state index contributed by atoms with van der Waals surface area (Å²) in [6.07, 6.45) is 4.74. The molecule has 0 atom stereocenters. The zero-order chi connectivity index (χ0) is 21.3. The summed E-state index contributed by atoms with van der Waals surface area (Å²) in [4.78, 5) is 37.9. The first kappa shape index (κ1) is 19.3. The van der Waals surface area contributed by atoms with Gasteiger partial charge in [-0.05, 0) is 29.8 Å². The number of imide groups is 2. The van der Waals surface area contributed by atoms with Gasteiger partial charge in [0.05, 0.1) is 0 Å². The van der Waals surface area contributed by atoms with Gasteiger partial charge in [0, 0.05) is 35.8 Å². The molecule has 2 aromatic carbocycles. The number of nitrogens with one attached hydrogen (secondary N) is 1. The lowest BCUT2D eigenvalue weighted by molar-refractivity contribution is -0.129. The molecule has 0 unspecified atom stereocenters. The average Bonchev–Trinajstić information content (AvgIpc) is 3.07. The van der Waals surface area contributed by atoms with E-state index in [1.54, 1.807) is 12.1 Å². The van der Waals surface area contributed by atoms with Gasteiger partial charge in [-0.25, -0.2) is 9.18 Å². The lowest BCUT2D eigenvalue weighted by atomic mass is 10.1. The van der Waals surface area contributed by atoms with Crippen LogP contribution in [0.2, 0.25) is 0 Å². The molecule has 7 heteroatoms. The van der Waals surface area contributed by atoms with Crippen LogP contribution in [-0.2, 0) is 16.1 Å². The molecule has 30 heavy (non-hydrogen) atoms. The van der Waals surface area contributed by atoms with Crippen molar-refractivity contribution in [2.45, 2.75) is 6.54 Å². The van der Waals surface area contributed by atoms with Crippen LogP contribution in [0.4, 0.5) is 9.18 Å². The van der Waals surface area contributed by atoms with Gasteiger partial charge in [-0.15, -0.1) is 6.58 Å². The maximum atomic E-state index is 13.2. The second kappa shape index (κ2) is 7.79. The summed E-state index contributed by atoms with van der Waals surface area (Å²) in [5, 5.41) is 3.03. The molecule has 1 fully saturated rings. The molecule has 4 rings (SSSR count). The van der Waals surface area contributed by atoms with E-state index in [-0.39, 0.29) is 17.9 Å². The van der Waals surface area contributed by atoms with Gasteiger partial charge in [-0.3, -0.25) is 19.8 Å². The average molecular weight is 403 g/mol. The number of halogens is 1. The molecule has 0 spiro atoms. The molecule has 2 heterocycles. The van der Waals surface area contributed by atoms with Crippen molar-refractivity contribution in [3.05, 3.63) is 89.9 Å². The van der Waals surface area contributed by atoms with Gasteiger partial charge < -0.3 is 4.57 Å². The minimum atomic E-state index is -0.763. The van der Waals surface area contributed by atoms with E-state index < -0.39 is 17.8 Å². The minimum absolute atomic E-state index is 0.00160. The van der Waals surface area contributed by atoms with Crippen LogP contribution in [0.3, 0.4) is 0 Å². The molecule has 0 bridgehead atoms. The Hall–Kier alpha value is -4.00. The molecule has 6 nitrogen and oxygen atoms in total. The first-order valence-electron chi connectivity index (χ1n) is 9.30. The van der Waals surface area contributed by atoms with E-state index in [0.29, 0.717) is 12.1 Å². The second-order valence-corrected chi connectivity index (χ2v) is 6.88. The van der Waals surface area contributed by atoms with Crippen LogP contribution in [0, 0.1) is 5.82 Å². The summed E-state index contributed by atoms with van der Waals surface area (Å²) in [5.41, 5.74) is 2.35. The van der Waals surface area contributed by atoms with Crippen LogP contribution in [0.15, 0.2) is 73.0 Å². The maximum absolute atomic E-state index is 13.2. The Balaban J connectivity index is 1.76. The highest BCUT2D eigenvalue weighted by Gasteiger charge is 2.35. The molecule has 1 aliphatic rings. The second-order valence-electron chi connectivity index (χ2n) is 6.88. The molecule has 0 radical (unpaired) electrons. The van der Waals surface area contributed by atoms with Crippen LogP contribution in [0.1, 0.15) is 11.1 Å². The fourth-order valence-electron chi connectivity index (χ4n) is 3.45. The topological polar surface area (TPSA) is 71.4 Å². The number of nitrogens with zero attached hydrogens (tertiary/aromatic N) is 2. The fraction of sp³-hybridized carbons (Fsp3) is 0.0870. The molecule has 1 saturated heterocycles. The maximum Gasteiger partial charge on any atom is 0.331 e. The Morgan fingerprint density at radius 2 is 1.77 bits per heavy atom. The third-order valence-corrected chi connectivity index (χ3v) is 4.88. The summed E-state index contributed by atoms with van der Waals surface area (Å²) in [6, 6.07) is 13.0. The molecular weight excluding hydrogens is 385 g/mol. The van der Waals surface area contributed by atoms with Crippen molar-refractivity contribution in [3.63, 3.8) is 0 Å². The van der Waals surface area contributed by atoms with Crippen LogP contribution in [0.25, 0.3) is 17.0 Å². The van der Waals surface area contributed by atoms with E-state index in [1.165, 1.54) is 24.3 Å². The summed E-state index contributed by atoms with van der Waals surface area (Å²) >= 11 is 0. The zero-order valence-corrected chi connectivity index (χ0v) is 16.0. The number of aromatic nitrogens is 1. The molecule has 3 aromatic rings. The number of hydrogen-bond donors (Lipinski definition) is 1. The van der Waals surface area contributed by atoms with E-state index in [2.05, 4.69) is 11.9 Å². The zero-order valence-electron chi connectivity index (χ0n) is 16.0. The number of hydrogen-bond acceptors (Lipinski definition) is 3. The molecule has 4 amide bonds. The van der Waals surface area contributed by atoms with E-state index in [9.17, 15) is 18.8 Å². The lowest BCUT2D eigenvalue weighted by Crippen LogP contribution is -2.54. The molecule has 1 N–H and O–H groups in total. The van der Waals surface area contributed by atoms with Crippen molar-refractivity contribution in [2.75, 3.05) is 6.54 Å². The van der Waals surface area contributed by atoms with Crippen molar-refractivity contribution in [1.29, 1.82) is 0 Å². The first-order valence-corrected chi connectivity index (χ1v) is 9.30. The number of rotatable bonds is 5. The largest absolute Gasteiger partial charge is 0.342 e. The third kappa shape index (κ3) is 3.53. The number of amides is 4. The Labute approximate surface area is 171 Å². The van der Waals surface area contributed by atoms with E-state index in [4.69, 9.17) is 0 Å². The predicted octanol–water partition coefficient (Wildman–Crippen LogP) is 3.48. The SMILES string of the molecule is C=CCN1C(=O)NC(=O)/C(=C\c2cn(Cc3ccc(F)cc3)c3ccccc23)C1=O. The van der Waals surface area contributed by atoms with Gasteiger partial charge in [0.25, 0.3) is 11.8 Å². The van der Waals surface area contributed by atoms with Gasteiger partial charge >= 0.3 is 6.03 Å². The fourth-order valence-corrected chi connectivity index (χ4v) is 3.45. The Morgan fingerprint density at radius 1 is 1.03 bits per heavy atom. The normalized spacial score (nSPS) is 15.7. The van der Waals surface area contributed by atoms with Gasteiger partial charge in [0.1, 0.15) is 11.4 Å². The molecule has 0 aliphatic carbocycles. The molecule has 0 saturated carbocycles. The quantitative estimate of drug-likeness (QED) is 0.403. The molecule has 1 aliphatic heterocycles. The predicted molar refractivity (Wildman–Crippen MR) is 111 cm³/mol. The highest BCUT2D eigenvalue weighted by molar-refractivity contribution is 6.31. The van der Waals surface area contributed by atoms with Crippen molar-refractivity contribution >= 4 is 34.8 Å². The monoisotopic (exact) mass is 403 g/mol. The number of carbonyl (C=O) groups is 3. The van der Waals surface area contributed by atoms with Crippen molar-refractivity contribution < 1.29 is 18.8 Å².